The van der Waals surface area contributed by atoms with Crippen molar-refractivity contribution in [3.05, 3.63) is 30.3 Å². The van der Waals surface area contributed by atoms with Gasteiger partial charge in [0.1, 0.15) is 17.1 Å². The maximum atomic E-state index is 5.48. The van der Waals surface area contributed by atoms with Gasteiger partial charge in [0.05, 0.1) is 20.4 Å². The molecule has 0 aliphatic carbocycles. The Morgan fingerprint density at radius 1 is 1.12 bits per heavy atom. The molecule has 0 aliphatic heterocycles. The van der Waals surface area contributed by atoms with Crippen molar-refractivity contribution in [2.24, 2.45) is 0 Å². The van der Waals surface area contributed by atoms with Gasteiger partial charge in [-0.1, -0.05) is 6.07 Å². The van der Waals surface area contributed by atoms with E-state index >= 15 is 0 Å². The Balaban J connectivity index is 2.60. The van der Waals surface area contributed by atoms with E-state index < -0.39 is 0 Å². The van der Waals surface area contributed by atoms with Crippen LogP contribution in [0, 0.1) is 6.92 Å². The number of methoxy groups -OCH3 is 2. The SMILES string of the molecule is COc1cccc(OC)c1-c1cnc(C)o1. The number of hydrogen-bond donors (Lipinski definition) is 0. The van der Waals surface area contributed by atoms with Crippen LogP contribution in [0.15, 0.2) is 28.8 Å². The van der Waals surface area contributed by atoms with Gasteiger partial charge in [-0.05, 0) is 12.1 Å². The summed E-state index contributed by atoms with van der Waals surface area (Å²) < 4.78 is 16.1. The second kappa shape index (κ2) is 4.26. The van der Waals surface area contributed by atoms with Crippen LogP contribution in [0.5, 0.6) is 11.5 Å². The number of ether oxygens (including phenoxy) is 2. The molecule has 0 radical (unpaired) electrons. The number of oxazole rings is 1. The molecule has 0 amide bonds. The predicted octanol–water partition coefficient (Wildman–Crippen LogP) is 2.67. The van der Waals surface area contributed by atoms with Crippen LogP contribution in [0.2, 0.25) is 0 Å². The quantitative estimate of drug-likeness (QED) is 0.796. The number of nitrogens with zero attached hydrogens (tertiary/aromatic N) is 1. The van der Waals surface area contributed by atoms with Gasteiger partial charge in [-0.3, -0.25) is 0 Å². The third kappa shape index (κ3) is 1.74. The summed E-state index contributed by atoms with van der Waals surface area (Å²) in [6, 6.07) is 5.58. The van der Waals surface area contributed by atoms with E-state index in [9.17, 15) is 0 Å². The molecule has 0 bridgehead atoms. The maximum absolute atomic E-state index is 5.48. The average molecular weight is 219 g/mol. The van der Waals surface area contributed by atoms with Crippen molar-refractivity contribution in [2.75, 3.05) is 14.2 Å². The summed E-state index contributed by atoms with van der Waals surface area (Å²) in [7, 11) is 3.23. The molecular weight excluding hydrogens is 206 g/mol. The highest BCUT2D eigenvalue weighted by Gasteiger charge is 2.15. The summed E-state index contributed by atoms with van der Waals surface area (Å²) >= 11 is 0. The molecule has 2 aromatic rings. The molecule has 2 rings (SSSR count). The molecule has 16 heavy (non-hydrogen) atoms. The molecule has 4 heteroatoms. The first kappa shape index (κ1) is 10.5. The van der Waals surface area contributed by atoms with E-state index in [1.807, 2.05) is 18.2 Å². The standard InChI is InChI=1S/C12H13NO3/c1-8-13-7-11(16-8)12-9(14-2)5-4-6-10(12)15-3/h4-7H,1-3H3. The van der Waals surface area contributed by atoms with Gasteiger partial charge in [-0.2, -0.15) is 0 Å². The lowest BCUT2D eigenvalue weighted by atomic mass is 10.1. The third-order valence-electron chi connectivity index (χ3n) is 2.30. The lowest BCUT2D eigenvalue weighted by Crippen LogP contribution is -1.91. The van der Waals surface area contributed by atoms with Crippen molar-refractivity contribution in [1.82, 2.24) is 4.98 Å². The maximum Gasteiger partial charge on any atom is 0.191 e. The van der Waals surface area contributed by atoms with Crippen LogP contribution in [0.1, 0.15) is 5.89 Å². The van der Waals surface area contributed by atoms with Crippen LogP contribution < -0.4 is 9.47 Å². The first-order valence-electron chi connectivity index (χ1n) is 4.90. The van der Waals surface area contributed by atoms with Gasteiger partial charge >= 0.3 is 0 Å². The zero-order valence-electron chi connectivity index (χ0n) is 9.48. The third-order valence-corrected chi connectivity index (χ3v) is 2.30. The average Bonchev–Trinajstić information content (AvgIpc) is 2.74. The van der Waals surface area contributed by atoms with Crippen LogP contribution in [0.3, 0.4) is 0 Å². The minimum Gasteiger partial charge on any atom is -0.496 e. The molecule has 1 aromatic heterocycles. The predicted molar refractivity (Wildman–Crippen MR) is 59.8 cm³/mol. The second-order valence-electron chi connectivity index (χ2n) is 3.28. The van der Waals surface area contributed by atoms with Crippen LogP contribution in [-0.4, -0.2) is 19.2 Å². The molecule has 0 saturated heterocycles. The minimum absolute atomic E-state index is 0.614. The van der Waals surface area contributed by atoms with E-state index in [2.05, 4.69) is 4.98 Å². The molecule has 0 N–H and O–H groups in total. The van der Waals surface area contributed by atoms with Crippen molar-refractivity contribution in [2.45, 2.75) is 6.92 Å². The Bertz CT molecular complexity index is 469. The summed E-state index contributed by atoms with van der Waals surface area (Å²) in [6.07, 6.45) is 1.66. The van der Waals surface area contributed by atoms with Crippen molar-refractivity contribution in [3.8, 4) is 22.8 Å². The van der Waals surface area contributed by atoms with E-state index in [4.69, 9.17) is 13.9 Å². The zero-order chi connectivity index (χ0) is 11.5. The van der Waals surface area contributed by atoms with E-state index in [-0.39, 0.29) is 0 Å². The molecule has 0 spiro atoms. The van der Waals surface area contributed by atoms with Crippen molar-refractivity contribution < 1.29 is 13.9 Å². The van der Waals surface area contributed by atoms with Crippen LogP contribution >= 0.6 is 0 Å². The van der Waals surface area contributed by atoms with Crippen molar-refractivity contribution >= 4 is 0 Å². The number of hydrogen-bond acceptors (Lipinski definition) is 4. The second-order valence-corrected chi connectivity index (χ2v) is 3.28. The minimum atomic E-state index is 0.614. The topological polar surface area (TPSA) is 44.5 Å². The van der Waals surface area contributed by atoms with Gasteiger partial charge in [-0.25, -0.2) is 4.98 Å². The largest absolute Gasteiger partial charge is 0.496 e. The fraction of sp³-hybridized carbons (Fsp3) is 0.250. The van der Waals surface area contributed by atoms with Gasteiger partial charge in [0.2, 0.25) is 0 Å². The zero-order valence-corrected chi connectivity index (χ0v) is 9.48. The Labute approximate surface area is 93.8 Å². The highest BCUT2D eigenvalue weighted by atomic mass is 16.5. The summed E-state index contributed by atoms with van der Waals surface area (Å²) in [5.74, 6) is 2.67. The Hall–Kier alpha value is -1.97. The summed E-state index contributed by atoms with van der Waals surface area (Å²) in [6.45, 7) is 1.80. The van der Waals surface area contributed by atoms with E-state index in [1.165, 1.54) is 0 Å². The first-order valence-corrected chi connectivity index (χ1v) is 4.90. The molecule has 1 heterocycles. The molecule has 0 unspecified atom stereocenters. The Morgan fingerprint density at radius 3 is 2.19 bits per heavy atom. The smallest absolute Gasteiger partial charge is 0.191 e. The van der Waals surface area contributed by atoms with Gasteiger partial charge < -0.3 is 13.9 Å². The number of benzene rings is 1. The first-order chi connectivity index (χ1) is 7.76. The molecule has 0 fully saturated rings. The highest BCUT2D eigenvalue weighted by molar-refractivity contribution is 5.72. The normalized spacial score (nSPS) is 10.2. The van der Waals surface area contributed by atoms with Crippen molar-refractivity contribution in [3.63, 3.8) is 0 Å². The summed E-state index contributed by atoms with van der Waals surface area (Å²) in [5, 5.41) is 0. The lowest BCUT2D eigenvalue weighted by molar-refractivity contribution is 0.394. The van der Waals surface area contributed by atoms with Gasteiger partial charge in [-0.15, -0.1) is 0 Å². The summed E-state index contributed by atoms with van der Waals surface area (Å²) in [5.41, 5.74) is 0.785. The fourth-order valence-electron chi connectivity index (χ4n) is 1.57. The molecule has 0 saturated carbocycles. The number of aryl methyl sites for hydroxylation is 1. The Kier molecular flexibility index (Phi) is 2.81. The van der Waals surface area contributed by atoms with Crippen molar-refractivity contribution in [1.29, 1.82) is 0 Å². The van der Waals surface area contributed by atoms with Gasteiger partial charge in [0, 0.05) is 6.92 Å². The lowest BCUT2D eigenvalue weighted by Gasteiger charge is -2.10. The number of rotatable bonds is 3. The van der Waals surface area contributed by atoms with Crippen LogP contribution in [0.25, 0.3) is 11.3 Å². The van der Waals surface area contributed by atoms with E-state index in [0.717, 1.165) is 5.56 Å². The molecule has 84 valence electrons. The Morgan fingerprint density at radius 2 is 1.75 bits per heavy atom. The molecule has 0 atom stereocenters. The number of aromatic nitrogens is 1. The summed E-state index contributed by atoms with van der Waals surface area (Å²) in [4.78, 5) is 4.07. The van der Waals surface area contributed by atoms with Gasteiger partial charge in [0.15, 0.2) is 11.7 Å². The highest BCUT2D eigenvalue weighted by Crippen LogP contribution is 2.38. The van der Waals surface area contributed by atoms with E-state index in [1.54, 1.807) is 27.3 Å². The molecule has 1 aromatic carbocycles. The van der Waals surface area contributed by atoms with Crippen LogP contribution in [-0.2, 0) is 0 Å². The van der Waals surface area contributed by atoms with Gasteiger partial charge in [0.25, 0.3) is 0 Å². The van der Waals surface area contributed by atoms with Crippen LogP contribution in [0.4, 0.5) is 0 Å². The van der Waals surface area contributed by atoms with E-state index in [0.29, 0.717) is 23.1 Å². The molecular formula is C12H13NO3. The monoisotopic (exact) mass is 219 g/mol. The molecule has 0 aliphatic rings. The molecule has 4 nitrogen and oxygen atoms in total. The fourth-order valence-corrected chi connectivity index (χ4v) is 1.57.